The van der Waals surface area contributed by atoms with Gasteiger partial charge in [-0.3, -0.25) is 0 Å². The first-order valence-corrected chi connectivity index (χ1v) is 14.0. The lowest BCUT2D eigenvalue weighted by atomic mass is 10.0. The van der Waals surface area contributed by atoms with Crippen LogP contribution in [-0.4, -0.2) is 61.8 Å². The van der Waals surface area contributed by atoms with Crippen molar-refractivity contribution in [3.05, 3.63) is 77.1 Å². The standard InChI is InChI=1S/C27H33N5O2S/c1-20-18-28-27(29-23-6-8-24(9-7-23)32-14-12-31(2)13-15-32)30-26(20)17-21-4-3-5-22(16-21)19-35(33,34)25-10-11-25/h3-9,16,18,25H,10-15,17,19H2,1-2H3,(H,28,29,30). The first-order valence-electron chi connectivity index (χ1n) is 12.3. The van der Waals surface area contributed by atoms with Crippen molar-refractivity contribution in [2.75, 3.05) is 43.4 Å². The van der Waals surface area contributed by atoms with Crippen molar-refractivity contribution in [3.63, 3.8) is 0 Å². The average molecular weight is 492 g/mol. The molecule has 0 atom stereocenters. The van der Waals surface area contributed by atoms with E-state index in [9.17, 15) is 8.42 Å². The molecule has 1 saturated heterocycles. The second-order valence-electron chi connectivity index (χ2n) is 9.79. The van der Waals surface area contributed by atoms with Crippen LogP contribution in [0.2, 0.25) is 0 Å². The maximum absolute atomic E-state index is 12.4. The van der Waals surface area contributed by atoms with E-state index < -0.39 is 9.84 Å². The molecule has 0 bridgehead atoms. The van der Waals surface area contributed by atoms with E-state index >= 15 is 0 Å². The fourth-order valence-electron chi connectivity index (χ4n) is 4.47. The summed E-state index contributed by atoms with van der Waals surface area (Å²) in [5.41, 5.74) is 6.02. The van der Waals surface area contributed by atoms with Crippen molar-refractivity contribution in [1.82, 2.24) is 14.9 Å². The Morgan fingerprint density at radius 1 is 1.00 bits per heavy atom. The largest absolute Gasteiger partial charge is 0.369 e. The fraction of sp³-hybridized carbons (Fsp3) is 0.407. The van der Waals surface area contributed by atoms with Crippen LogP contribution in [-0.2, 0) is 22.0 Å². The van der Waals surface area contributed by atoms with E-state index in [0.717, 1.165) is 67.1 Å². The predicted octanol–water partition coefficient (Wildman–Crippen LogP) is 3.95. The summed E-state index contributed by atoms with van der Waals surface area (Å²) >= 11 is 0. The third-order valence-corrected chi connectivity index (χ3v) is 9.05. The van der Waals surface area contributed by atoms with E-state index in [4.69, 9.17) is 4.98 Å². The van der Waals surface area contributed by atoms with Crippen LogP contribution < -0.4 is 10.2 Å². The zero-order chi connectivity index (χ0) is 24.4. The number of anilines is 3. The summed E-state index contributed by atoms with van der Waals surface area (Å²) in [5, 5.41) is 3.19. The number of aryl methyl sites for hydroxylation is 1. The molecule has 1 N–H and O–H groups in total. The van der Waals surface area contributed by atoms with E-state index in [1.165, 1.54) is 5.69 Å². The van der Waals surface area contributed by atoms with Crippen LogP contribution in [0.5, 0.6) is 0 Å². The number of nitrogens with zero attached hydrogens (tertiary/aromatic N) is 4. The number of rotatable bonds is 8. The number of hydrogen-bond donors (Lipinski definition) is 1. The van der Waals surface area contributed by atoms with E-state index in [-0.39, 0.29) is 11.0 Å². The number of aromatic nitrogens is 2. The zero-order valence-corrected chi connectivity index (χ0v) is 21.3. The molecular formula is C27H33N5O2S. The van der Waals surface area contributed by atoms with Crippen LogP contribution in [0.1, 0.15) is 35.2 Å². The van der Waals surface area contributed by atoms with Gasteiger partial charge in [0.1, 0.15) is 0 Å². The normalized spacial score (nSPS) is 16.9. The highest BCUT2D eigenvalue weighted by molar-refractivity contribution is 7.91. The Balaban J connectivity index is 1.26. The van der Waals surface area contributed by atoms with Crippen molar-refractivity contribution in [1.29, 1.82) is 0 Å². The second-order valence-corrected chi connectivity index (χ2v) is 12.1. The van der Waals surface area contributed by atoms with Gasteiger partial charge in [-0.15, -0.1) is 0 Å². The second kappa shape index (κ2) is 9.95. The van der Waals surface area contributed by atoms with Crippen molar-refractivity contribution < 1.29 is 8.42 Å². The lowest BCUT2D eigenvalue weighted by molar-refractivity contribution is 0.313. The van der Waals surface area contributed by atoms with Gasteiger partial charge in [-0.2, -0.15) is 0 Å². The minimum atomic E-state index is -3.03. The Labute approximate surface area is 208 Å². The number of likely N-dealkylation sites (N-methyl/N-ethyl adjacent to an activating group) is 1. The van der Waals surface area contributed by atoms with Gasteiger partial charge in [-0.1, -0.05) is 24.3 Å². The Morgan fingerprint density at radius 3 is 2.43 bits per heavy atom. The Morgan fingerprint density at radius 2 is 1.71 bits per heavy atom. The van der Waals surface area contributed by atoms with E-state index in [1.807, 2.05) is 37.4 Å². The molecule has 3 aromatic rings. The summed E-state index contributed by atoms with van der Waals surface area (Å²) in [6.45, 7) is 6.26. The van der Waals surface area contributed by atoms with Gasteiger partial charge < -0.3 is 15.1 Å². The van der Waals surface area contributed by atoms with Crippen LogP contribution in [0.25, 0.3) is 0 Å². The van der Waals surface area contributed by atoms with Crippen LogP contribution in [0.4, 0.5) is 17.3 Å². The average Bonchev–Trinajstić information content (AvgIpc) is 3.69. The van der Waals surface area contributed by atoms with Gasteiger partial charge in [-0.25, -0.2) is 18.4 Å². The maximum Gasteiger partial charge on any atom is 0.227 e. The maximum atomic E-state index is 12.4. The molecule has 7 nitrogen and oxygen atoms in total. The molecular weight excluding hydrogens is 458 g/mol. The molecule has 2 heterocycles. The highest BCUT2D eigenvalue weighted by atomic mass is 32.2. The first kappa shape index (κ1) is 23.8. The van der Waals surface area contributed by atoms with E-state index in [1.54, 1.807) is 0 Å². The van der Waals surface area contributed by atoms with Gasteiger partial charge in [-0.05, 0) is 67.8 Å². The van der Waals surface area contributed by atoms with Crippen LogP contribution in [0, 0.1) is 6.92 Å². The monoisotopic (exact) mass is 491 g/mol. The topological polar surface area (TPSA) is 78.4 Å². The van der Waals surface area contributed by atoms with E-state index in [0.29, 0.717) is 12.4 Å². The van der Waals surface area contributed by atoms with Crippen LogP contribution in [0.15, 0.2) is 54.7 Å². The van der Waals surface area contributed by atoms with E-state index in [2.05, 4.69) is 51.4 Å². The molecule has 2 aliphatic rings. The van der Waals surface area contributed by atoms with Gasteiger partial charge in [0.05, 0.1) is 16.7 Å². The van der Waals surface area contributed by atoms with Gasteiger partial charge in [0.2, 0.25) is 5.95 Å². The third kappa shape index (κ3) is 6.00. The summed E-state index contributed by atoms with van der Waals surface area (Å²) in [5.74, 6) is 0.677. The highest BCUT2D eigenvalue weighted by Crippen LogP contribution is 2.31. The molecule has 2 aromatic carbocycles. The number of benzene rings is 2. The molecule has 0 spiro atoms. The molecule has 35 heavy (non-hydrogen) atoms. The number of hydrogen-bond acceptors (Lipinski definition) is 7. The van der Waals surface area contributed by atoms with Gasteiger partial charge in [0.25, 0.3) is 0 Å². The molecule has 0 unspecified atom stereocenters. The van der Waals surface area contributed by atoms with Gasteiger partial charge >= 0.3 is 0 Å². The van der Waals surface area contributed by atoms with Crippen LogP contribution in [0.3, 0.4) is 0 Å². The van der Waals surface area contributed by atoms with Gasteiger partial charge in [0, 0.05) is 50.2 Å². The first-order chi connectivity index (χ1) is 16.9. The molecule has 1 aliphatic carbocycles. The number of piperazine rings is 1. The number of nitrogens with one attached hydrogen (secondary N) is 1. The summed E-state index contributed by atoms with van der Waals surface area (Å²) in [7, 11) is -0.870. The summed E-state index contributed by atoms with van der Waals surface area (Å²) in [4.78, 5) is 14.0. The molecule has 8 heteroatoms. The SMILES string of the molecule is Cc1cnc(Nc2ccc(N3CCN(C)CC3)cc2)nc1Cc1cccc(CS(=O)(=O)C2CC2)c1. The van der Waals surface area contributed by atoms with Crippen molar-refractivity contribution >= 4 is 27.2 Å². The summed E-state index contributed by atoms with van der Waals surface area (Å²) in [6.07, 6.45) is 4.07. The minimum Gasteiger partial charge on any atom is -0.369 e. The quantitative estimate of drug-likeness (QED) is 0.511. The smallest absolute Gasteiger partial charge is 0.227 e. The Hall–Kier alpha value is -2.97. The Bertz CT molecular complexity index is 1280. The molecule has 1 saturated carbocycles. The number of sulfone groups is 1. The fourth-order valence-corrected chi connectivity index (χ4v) is 6.20. The Kier molecular flexibility index (Phi) is 6.75. The molecule has 1 aromatic heterocycles. The van der Waals surface area contributed by atoms with Crippen molar-refractivity contribution in [2.45, 2.75) is 37.2 Å². The lowest BCUT2D eigenvalue weighted by Crippen LogP contribution is -2.44. The molecule has 5 rings (SSSR count). The lowest BCUT2D eigenvalue weighted by Gasteiger charge is -2.34. The molecule has 2 fully saturated rings. The molecule has 0 amide bonds. The molecule has 0 radical (unpaired) electrons. The summed E-state index contributed by atoms with van der Waals surface area (Å²) < 4.78 is 24.8. The molecule has 184 valence electrons. The third-order valence-electron chi connectivity index (χ3n) is 6.83. The van der Waals surface area contributed by atoms with Crippen molar-refractivity contribution in [3.8, 4) is 0 Å². The highest BCUT2D eigenvalue weighted by Gasteiger charge is 2.35. The zero-order valence-electron chi connectivity index (χ0n) is 20.4. The van der Waals surface area contributed by atoms with Crippen molar-refractivity contribution in [2.24, 2.45) is 0 Å². The predicted molar refractivity (Wildman–Crippen MR) is 141 cm³/mol. The molecule has 1 aliphatic heterocycles. The van der Waals surface area contributed by atoms with Gasteiger partial charge in [0.15, 0.2) is 9.84 Å². The summed E-state index contributed by atoms with van der Waals surface area (Å²) in [6, 6.07) is 16.3. The minimum absolute atomic E-state index is 0.116. The van der Waals surface area contributed by atoms with Crippen LogP contribution >= 0.6 is 0 Å².